The molecule has 2 aromatic rings. The zero-order valence-corrected chi connectivity index (χ0v) is 17.0. The van der Waals surface area contributed by atoms with Gasteiger partial charge in [-0.25, -0.2) is 0 Å². The molecule has 0 saturated heterocycles. The van der Waals surface area contributed by atoms with Crippen molar-refractivity contribution in [3.05, 3.63) is 95.6 Å². The molecule has 1 aliphatic carbocycles. The zero-order chi connectivity index (χ0) is 18.9. The van der Waals surface area contributed by atoms with Crippen molar-refractivity contribution < 1.29 is 0 Å². The van der Waals surface area contributed by atoms with Crippen LogP contribution in [0.1, 0.15) is 63.6 Å². The summed E-state index contributed by atoms with van der Waals surface area (Å²) in [7, 11) is 0. The molecule has 0 N–H and O–H groups in total. The first-order chi connectivity index (χ1) is 12.3. The fourth-order valence-corrected chi connectivity index (χ4v) is 2.36. The summed E-state index contributed by atoms with van der Waals surface area (Å²) in [6.45, 7) is 12.3. The lowest BCUT2D eigenvalue weighted by atomic mass is 9.92. The summed E-state index contributed by atoms with van der Waals surface area (Å²) in [6, 6.07) is 19.3. The lowest BCUT2D eigenvalue weighted by Gasteiger charge is -2.13. The van der Waals surface area contributed by atoms with Crippen molar-refractivity contribution in [3.63, 3.8) is 0 Å². The number of hydrogen-bond acceptors (Lipinski definition) is 0. The lowest BCUT2D eigenvalue weighted by Crippen LogP contribution is -1.95. The van der Waals surface area contributed by atoms with E-state index in [1.807, 2.05) is 33.8 Å². The van der Waals surface area contributed by atoms with Gasteiger partial charge < -0.3 is 0 Å². The van der Waals surface area contributed by atoms with Gasteiger partial charge in [-0.2, -0.15) is 0 Å². The molecule has 136 valence electrons. The van der Waals surface area contributed by atoms with Gasteiger partial charge in [0.15, 0.2) is 0 Å². The van der Waals surface area contributed by atoms with Crippen molar-refractivity contribution in [2.24, 2.45) is 0 Å². The third-order valence-electron chi connectivity index (χ3n) is 3.74. The standard InChI is InChI=1S/C13H14.C8H10.2C2H6/c1-11-7-9-13(10-8-11)12-5-3-2-4-6-12;1-2-8-6-4-3-5-7-8;2*1-2/h2-5,7-10,12H,6H2,1H3;3-7H,2H2,1H3;2*1-2H3. The van der Waals surface area contributed by atoms with Crippen molar-refractivity contribution in [2.75, 3.05) is 0 Å². The van der Waals surface area contributed by atoms with Gasteiger partial charge in [-0.15, -0.1) is 0 Å². The van der Waals surface area contributed by atoms with Crippen LogP contribution in [0.25, 0.3) is 0 Å². The van der Waals surface area contributed by atoms with Crippen molar-refractivity contribution in [3.8, 4) is 0 Å². The van der Waals surface area contributed by atoms with Crippen LogP contribution < -0.4 is 0 Å². The van der Waals surface area contributed by atoms with Gasteiger partial charge in [0.05, 0.1) is 0 Å². The molecule has 2 aromatic carbocycles. The smallest absolute Gasteiger partial charge is 0.00557 e. The molecule has 0 spiro atoms. The maximum absolute atomic E-state index is 2.27. The number of hydrogen-bond donors (Lipinski definition) is 0. The summed E-state index contributed by atoms with van der Waals surface area (Å²) in [4.78, 5) is 0. The van der Waals surface area contributed by atoms with Crippen molar-refractivity contribution in [1.82, 2.24) is 0 Å². The van der Waals surface area contributed by atoms with E-state index in [2.05, 4.69) is 86.7 Å². The Morgan fingerprint density at radius 1 is 0.800 bits per heavy atom. The molecule has 0 aromatic heterocycles. The Morgan fingerprint density at radius 2 is 1.40 bits per heavy atom. The molecule has 0 amide bonds. The molecule has 0 saturated carbocycles. The molecule has 1 atom stereocenters. The van der Waals surface area contributed by atoms with E-state index in [0.717, 1.165) is 12.8 Å². The number of rotatable bonds is 2. The lowest BCUT2D eigenvalue weighted by molar-refractivity contribution is 0.853. The predicted octanol–water partition coefficient (Wildman–Crippen LogP) is 7.90. The van der Waals surface area contributed by atoms with Crippen molar-refractivity contribution >= 4 is 0 Å². The van der Waals surface area contributed by atoms with E-state index < -0.39 is 0 Å². The van der Waals surface area contributed by atoms with Gasteiger partial charge >= 0.3 is 0 Å². The van der Waals surface area contributed by atoms with E-state index in [4.69, 9.17) is 0 Å². The van der Waals surface area contributed by atoms with Crippen LogP contribution in [0.3, 0.4) is 0 Å². The van der Waals surface area contributed by atoms with Crippen LogP contribution in [0.2, 0.25) is 0 Å². The van der Waals surface area contributed by atoms with Crippen molar-refractivity contribution in [1.29, 1.82) is 0 Å². The van der Waals surface area contributed by atoms with E-state index in [0.29, 0.717) is 5.92 Å². The van der Waals surface area contributed by atoms with Crippen LogP contribution in [-0.4, -0.2) is 0 Å². The van der Waals surface area contributed by atoms with E-state index in [1.165, 1.54) is 16.7 Å². The first kappa shape index (κ1) is 22.9. The number of allylic oxidation sites excluding steroid dienone is 4. The fraction of sp³-hybridized carbons (Fsp3) is 0.360. The summed E-state index contributed by atoms with van der Waals surface area (Å²) < 4.78 is 0. The Bertz CT molecular complexity index is 573. The first-order valence-corrected chi connectivity index (χ1v) is 9.73. The van der Waals surface area contributed by atoms with Gasteiger partial charge in [-0.05, 0) is 30.9 Å². The molecular weight excluding hydrogens is 300 g/mol. The molecule has 0 heteroatoms. The molecule has 1 unspecified atom stereocenters. The molecule has 25 heavy (non-hydrogen) atoms. The largest absolute Gasteiger partial charge is 0.0836 e. The second kappa shape index (κ2) is 15.4. The molecule has 3 rings (SSSR count). The molecule has 0 heterocycles. The van der Waals surface area contributed by atoms with E-state index in [1.54, 1.807) is 0 Å². The molecule has 0 fully saturated rings. The maximum Gasteiger partial charge on any atom is 0.00557 e. The summed E-state index contributed by atoms with van der Waals surface area (Å²) in [5, 5.41) is 0. The Hall–Kier alpha value is -2.08. The average Bonchev–Trinajstić information content (AvgIpc) is 2.73. The minimum Gasteiger partial charge on any atom is -0.0836 e. The number of aryl methyl sites for hydroxylation is 2. The van der Waals surface area contributed by atoms with Gasteiger partial charge in [-0.1, -0.05) is 119 Å². The Labute approximate surface area is 156 Å². The highest BCUT2D eigenvalue weighted by Crippen LogP contribution is 2.24. The van der Waals surface area contributed by atoms with Gasteiger partial charge in [0.1, 0.15) is 0 Å². The van der Waals surface area contributed by atoms with Crippen LogP contribution in [0.15, 0.2) is 78.9 Å². The van der Waals surface area contributed by atoms with Crippen LogP contribution in [0.5, 0.6) is 0 Å². The Morgan fingerprint density at radius 3 is 1.84 bits per heavy atom. The molecular formula is C25H36. The highest BCUT2D eigenvalue weighted by atomic mass is 14.1. The van der Waals surface area contributed by atoms with E-state index >= 15 is 0 Å². The monoisotopic (exact) mass is 336 g/mol. The van der Waals surface area contributed by atoms with Crippen LogP contribution >= 0.6 is 0 Å². The molecule has 0 aliphatic heterocycles. The minimum absolute atomic E-state index is 0.589. The van der Waals surface area contributed by atoms with Gasteiger partial charge in [0.2, 0.25) is 0 Å². The van der Waals surface area contributed by atoms with Gasteiger partial charge in [0.25, 0.3) is 0 Å². The number of benzene rings is 2. The Kier molecular flexibility index (Phi) is 14.2. The average molecular weight is 337 g/mol. The summed E-state index contributed by atoms with van der Waals surface area (Å²) >= 11 is 0. The normalized spacial score (nSPS) is 14.1. The minimum atomic E-state index is 0.589. The topological polar surface area (TPSA) is 0 Å². The van der Waals surface area contributed by atoms with Crippen LogP contribution in [-0.2, 0) is 6.42 Å². The third kappa shape index (κ3) is 9.72. The van der Waals surface area contributed by atoms with Crippen molar-refractivity contribution in [2.45, 2.75) is 60.3 Å². The Balaban J connectivity index is 0.000000414. The first-order valence-electron chi connectivity index (χ1n) is 9.73. The highest BCUT2D eigenvalue weighted by molar-refractivity contribution is 5.30. The summed E-state index contributed by atoms with van der Waals surface area (Å²) in [5.41, 5.74) is 4.16. The maximum atomic E-state index is 2.27. The molecule has 0 radical (unpaired) electrons. The SMILES string of the molecule is CC.CC.CCc1ccccc1.Cc1ccc(C2C=CC=CC2)cc1. The van der Waals surface area contributed by atoms with Gasteiger partial charge in [-0.3, -0.25) is 0 Å². The summed E-state index contributed by atoms with van der Waals surface area (Å²) in [6.07, 6.45) is 11.0. The molecule has 1 aliphatic rings. The van der Waals surface area contributed by atoms with Crippen LogP contribution in [0, 0.1) is 6.92 Å². The fourth-order valence-electron chi connectivity index (χ4n) is 2.36. The molecule has 0 nitrogen and oxygen atoms in total. The summed E-state index contributed by atoms with van der Waals surface area (Å²) in [5.74, 6) is 0.589. The van der Waals surface area contributed by atoms with E-state index in [-0.39, 0.29) is 0 Å². The van der Waals surface area contributed by atoms with E-state index in [9.17, 15) is 0 Å². The highest BCUT2D eigenvalue weighted by Gasteiger charge is 2.06. The zero-order valence-electron chi connectivity index (χ0n) is 17.0. The van der Waals surface area contributed by atoms with Gasteiger partial charge in [0, 0.05) is 5.92 Å². The van der Waals surface area contributed by atoms with Crippen LogP contribution in [0.4, 0.5) is 0 Å². The molecule has 0 bridgehead atoms. The third-order valence-corrected chi connectivity index (χ3v) is 3.74. The second-order valence-electron chi connectivity index (χ2n) is 5.41. The quantitative estimate of drug-likeness (QED) is 0.523. The predicted molar refractivity (Wildman–Crippen MR) is 115 cm³/mol. The second-order valence-corrected chi connectivity index (χ2v) is 5.41.